The van der Waals surface area contributed by atoms with E-state index < -0.39 is 34.1 Å². The first kappa shape index (κ1) is 22.4. The van der Waals surface area contributed by atoms with Gasteiger partial charge in [0.1, 0.15) is 5.82 Å². The summed E-state index contributed by atoms with van der Waals surface area (Å²) in [5.74, 6) is -2.95. The molecular formula is C20H13ClF2N4O5. The number of nitrogens with zero attached hydrogens (tertiary/aromatic N) is 2. The van der Waals surface area contributed by atoms with Gasteiger partial charge in [0.15, 0.2) is 17.4 Å². The highest BCUT2D eigenvalue weighted by Gasteiger charge is 2.20. The molecule has 0 atom stereocenters. The first-order chi connectivity index (χ1) is 15.2. The number of amidine groups is 1. The Bertz CT molecular complexity index is 1210. The van der Waals surface area contributed by atoms with Gasteiger partial charge in [-0.05, 0) is 48.5 Å². The third-order valence-electron chi connectivity index (χ3n) is 3.88. The molecule has 0 aliphatic carbocycles. The van der Waals surface area contributed by atoms with Gasteiger partial charge in [-0.25, -0.2) is 13.6 Å². The Labute approximate surface area is 184 Å². The van der Waals surface area contributed by atoms with Crippen molar-refractivity contribution in [2.45, 2.75) is 0 Å². The van der Waals surface area contributed by atoms with E-state index in [-0.39, 0.29) is 17.1 Å². The lowest BCUT2D eigenvalue weighted by atomic mass is 10.1. The normalized spacial score (nSPS) is 11.0. The minimum absolute atomic E-state index is 0.0305. The molecule has 3 N–H and O–H groups in total. The largest absolute Gasteiger partial charge is 0.447 e. The highest BCUT2D eigenvalue weighted by Crippen LogP contribution is 2.33. The molecule has 0 aliphatic heterocycles. The van der Waals surface area contributed by atoms with E-state index >= 15 is 0 Å². The number of nitro groups is 1. The van der Waals surface area contributed by atoms with E-state index in [9.17, 15) is 23.7 Å². The fourth-order valence-corrected chi connectivity index (χ4v) is 2.53. The Morgan fingerprint density at radius 3 is 2.41 bits per heavy atom. The number of halogens is 3. The first-order valence-electron chi connectivity index (χ1n) is 8.71. The summed E-state index contributed by atoms with van der Waals surface area (Å²) >= 11 is 5.75. The molecule has 0 radical (unpaired) electrons. The van der Waals surface area contributed by atoms with Crippen LogP contribution < -0.4 is 15.8 Å². The van der Waals surface area contributed by atoms with Crippen LogP contribution in [0.15, 0.2) is 65.8 Å². The van der Waals surface area contributed by atoms with Gasteiger partial charge in [-0.3, -0.25) is 20.3 Å². The van der Waals surface area contributed by atoms with Crippen molar-refractivity contribution in [3.63, 3.8) is 0 Å². The second-order valence-electron chi connectivity index (χ2n) is 6.10. The molecule has 0 aromatic heterocycles. The molecule has 32 heavy (non-hydrogen) atoms. The lowest BCUT2D eigenvalue weighted by Crippen LogP contribution is -2.17. The van der Waals surface area contributed by atoms with Crippen LogP contribution in [0.1, 0.15) is 5.56 Å². The Morgan fingerprint density at radius 1 is 1.06 bits per heavy atom. The van der Waals surface area contributed by atoms with Gasteiger partial charge in [-0.2, -0.15) is 0 Å². The van der Waals surface area contributed by atoms with Crippen molar-refractivity contribution in [2.24, 2.45) is 10.9 Å². The molecule has 0 unspecified atom stereocenters. The second-order valence-corrected chi connectivity index (χ2v) is 6.54. The summed E-state index contributed by atoms with van der Waals surface area (Å²) in [5.41, 5.74) is 5.58. The quantitative estimate of drug-likeness (QED) is 0.170. The van der Waals surface area contributed by atoms with E-state index in [0.29, 0.717) is 16.8 Å². The molecule has 9 nitrogen and oxygen atoms in total. The summed E-state index contributed by atoms with van der Waals surface area (Å²) in [4.78, 5) is 27.1. The number of nitrogens with two attached hydrogens (primary N) is 1. The van der Waals surface area contributed by atoms with Gasteiger partial charge in [0.2, 0.25) is 5.75 Å². The standard InChI is InChI=1S/C20H13ClF2N4O5/c21-12-2-5-14(6-3-12)25-20(28)32-26-19(24)11-1-7-18(16(9-11)27(29)30)31-17-8-4-13(22)10-15(17)23/h1-10H,(H2,24,26)(H,25,28). The van der Waals surface area contributed by atoms with Crippen molar-refractivity contribution in [1.29, 1.82) is 0 Å². The van der Waals surface area contributed by atoms with Crippen molar-refractivity contribution < 1.29 is 28.1 Å². The van der Waals surface area contributed by atoms with Crippen LogP contribution in [0.25, 0.3) is 0 Å². The monoisotopic (exact) mass is 462 g/mol. The van der Waals surface area contributed by atoms with Crippen LogP contribution in [-0.2, 0) is 4.84 Å². The van der Waals surface area contributed by atoms with Crippen LogP contribution in [0.4, 0.5) is 25.0 Å². The summed E-state index contributed by atoms with van der Waals surface area (Å²) < 4.78 is 32.0. The highest BCUT2D eigenvalue weighted by atomic mass is 35.5. The molecule has 1 amide bonds. The van der Waals surface area contributed by atoms with E-state index in [1.165, 1.54) is 18.2 Å². The van der Waals surface area contributed by atoms with Crippen molar-refractivity contribution >= 4 is 34.9 Å². The predicted octanol–water partition coefficient (Wildman–Crippen LogP) is 5.19. The number of hydrogen-bond donors (Lipinski definition) is 2. The molecule has 0 heterocycles. The van der Waals surface area contributed by atoms with Crippen molar-refractivity contribution in [2.75, 3.05) is 5.32 Å². The molecule has 3 rings (SSSR count). The van der Waals surface area contributed by atoms with Gasteiger partial charge in [-0.15, -0.1) is 0 Å². The van der Waals surface area contributed by atoms with Gasteiger partial charge in [0, 0.05) is 28.4 Å². The van der Waals surface area contributed by atoms with Gasteiger partial charge in [0.25, 0.3) is 0 Å². The maximum atomic E-state index is 13.8. The molecule has 0 bridgehead atoms. The number of ether oxygens (including phenoxy) is 1. The van der Waals surface area contributed by atoms with E-state index in [1.807, 2.05) is 0 Å². The van der Waals surface area contributed by atoms with Crippen LogP contribution >= 0.6 is 11.6 Å². The summed E-state index contributed by atoms with van der Waals surface area (Å²) in [6, 6.07) is 12.1. The average molecular weight is 463 g/mol. The zero-order valence-corrected chi connectivity index (χ0v) is 16.7. The number of carbonyl (C=O) groups is 1. The average Bonchev–Trinajstić information content (AvgIpc) is 2.75. The Balaban J connectivity index is 1.75. The predicted molar refractivity (Wildman–Crippen MR) is 112 cm³/mol. The fraction of sp³-hybridized carbons (Fsp3) is 0. The molecule has 3 aromatic rings. The third-order valence-corrected chi connectivity index (χ3v) is 4.13. The highest BCUT2D eigenvalue weighted by molar-refractivity contribution is 6.30. The number of anilines is 1. The van der Waals surface area contributed by atoms with Gasteiger partial charge >= 0.3 is 11.8 Å². The number of amides is 1. The van der Waals surface area contributed by atoms with E-state index in [1.54, 1.807) is 12.1 Å². The van der Waals surface area contributed by atoms with Crippen molar-refractivity contribution in [1.82, 2.24) is 0 Å². The molecule has 0 fully saturated rings. The maximum absolute atomic E-state index is 13.8. The Kier molecular flexibility index (Phi) is 6.80. The van der Waals surface area contributed by atoms with Crippen LogP contribution in [-0.4, -0.2) is 16.9 Å². The van der Waals surface area contributed by atoms with Crippen LogP contribution in [0.3, 0.4) is 0 Å². The first-order valence-corrected chi connectivity index (χ1v) is 9.09. The summed E-state index contributed by atoms with van der Waals surface area (Å²) in [7, 11) is 0. The number of carbonyl (C=O) groups excluding carboxylic acids is 1. The third kappa shape index (κ3) is 5.67. The molecule has 0 spiro atoms. The molecule has 0 saturated heterocycles. The SMILES string of the molecule is NC(=NOC(=O)Nc1ccc(Cl)cc1)c1ccc(Oc2ccc(F)cc2F)c([N+](=O)[O-])c1. The van der Waals surface area contributed by atoms with E-state index in [0.717, 1.165) is 24.3 Å². The molecule has 12 heteroatoms. The zero-order valence-electron chi connectivity index (χ0n) is 15.9. The number of nitrogens with one attached hydrogen (secondary N) is 1. The fourth-order valence-electron chi connectivity index (χ4n) is 2.40. The number of nitro benzene ring substituents is 1. The molecule has 164 valence electrons. The van der Waals surface area contributed by atoms with Crippen LogP contribution in [0, 0.1) is 21.7 Å². The maximum Gasteiger partial charge on any atom is 0.437 e. The number of hydrogen-bond acceptors (Lipinski definition) is 6. The van der Waals surface area contributed by atoms with Crippen LogP contribution in [0.5, 0.6) is 11.5 Å². The number of oxime groups is 1. The lowest BCUT2D eigenvalue weighted by Gasteiger charge is -2.09. The molecule has 3 aromatic carbocycles. The minimum Gasteiger partial charge on any atom is -0.447 e. The Morgan fingerprint density at radius 2 is 1.75 bits per heavy atom. The number of rotatable bonds is 6. The number of benzene rings is 3. The topological polar surface area (TPSA) is 129 Å². The van der Waals surface area contributed by atoms with Gasteiger partial charge in [0.05, 0.1) is 4.92 Å². The summed E-state index contributed by atoms with van der Waals surface area (Å²) in [5, 5.41) is 17.7. The van der Waals surface area contributed by atoms with Gasteiger partial charge in [-0.1, -0.05) is 16.8 Å². The van der Waals surface area contributed by atoms with Crippen molar-refractivity contribution in [3.05, 3.63) is 93.0 Å². The summed E-state index contributed by atoms with van der Waals surface area (Å²) in [6.45, 7) is 0. The minimum atomic E-state index is -1.04. The van der Waals surface area contributed by atoms with Gasteiger partial charge < -0.3 is 10.5 Å². The van der Waals surface area contributed by atoms with E-state index in [2.05, 4.69) is 15.3 Å². The zero-order chi connectivity index (χ0) is 23.3. The molecule has 0 aliphatic rings. The van der Waals surface area contributed by atoms with Crippen LogP contribution in [0.2, 0.25) is 5.02 Å². The molecule has 0 saturated carbocycles. The molecular weight excluding hydrogens is 450 g/mol. The second kappa shape index (κ2) is 9.71. The lowest BCUT2D eigenvalue weighted by molar-refractivity contribution is -0.385. The smallest absolute Gasteiger partial charge is 0.437 e. The van der Waals surface area contributed by atoms with E-state index in [4.69, 9.17) is 22.1 Å². The Hall–Kier alpha value is -4.25. The van der Waals surface area contributed by atoms with Crippen molar-refractivity contribution in [3.8, 4) is 11.5 Å². The summed E-state index contributed by atoms with van der Waals surface area (Å²) in [6.07, 6.45) is -0.962.